The van der Waals surface area contributed by atoms with Crippen LogP contribution in [0, 0.1) is 5.92 Å². The van der Waals surface area contributed by atoms with Crippen LogP contribution in [0.4, 0.5) is 5.69 Å². The molecule has 2 aromatic rings. The molecule has 0 bridgehead atoms. The highest BCUT2D eigenvalue weighted by Crippen LogP contribution is 2.23. The molecule has 1 aliphatic heterocycles. The fraction of sp³-hybridized carbons (Fsp3) is 0.435. The maximum Gasteiger partial charge on any atom is 0.188 e. The van der Waals surface area contributed by atoms with Gasteiger partial charge in [-0.2, -0.15) is 0 Å². The van der Waals surface area contributed by atoms with Gasteiger partial charge in [0.25, 0.3) is 0 Å². The molecule has 3 rings (SSSR count). The van der Waals surface area contributed by atoms with Crippen LogP contribution in [0.5, 0.6) is 5.75 Å². The van der Waals surface area contributed by atoms with Crippen molar-refractivity contribution >= 4 is 35.6 Å². The van der Waals surface area contributed by atoms with Crippen LogP contribution in [-0.4, -0.2) is 44.4 Å². The number of nitrogens with one attached hydrogen (secondary N) is 1. The highest BCUT2D eigenvalue weighted by atomic mass is 127. The average Bonchev–Trinajstić information content (AvgIpc) is 2.78. The molecule has 1 fully saturated rings. The molecule has 6 nitrogen and oxygen atoms in total. The number of halogens is 1. The monoisotopic (exact) mass is 524 g/mol. The number of ether oxygens (including phenoxy) is 1. The summed E-state index contributed by atoms with van der Waals surface area (Å²) in [4.78, 5) is 6.82. The summed E-state index contributed by atoms with van der Waals surface area (Å²) in [6.45, 7) is 3.63. The summed E-state index contributed by atoms with van der Waals surface area (Å²) in [5, 5.41) is 12.4. The zero-order valence-electron chi connectivity index (χ0n) is 17.6. The lowest BCUT2D eigenvalue weighted by Gasteiger charge is -2.32. The minimum atomic E-state index is 0. The average molecular weight is 524 g/mol. The summed E-state index contributed by atoms with van der Waals surface area (Å²) in [7, 11) is 1.67. The van der Waals surface area contributed by atoms with Gasteiger partial charge in [-0.05, 0) is 60.6 Å². The van der Waals surface area contributed by atoms with Crippen LogP contribution < -0.4 is 20.7 Å². The number of nitrogens with two attached hydrogens (primary N) is 1. The van der Waals surface area contributed by atoms with Crippen molar-refractivity contribution in [2.75, 3.05) is 38.3 Å². The molecule has 4 N–H and O–H groups in total. The summed E-state index contributed by atoms with van der Waals surface area (Å²) in [6, 6.07) is 16.6. The molecule has 1 heterocycles. The molecular weight excluding hydrogens is 491 g/mol. The van der Waals surface area contributed by atoms with Crippen molar-refractivity contribution in [3.63, 3.8) is 0 Å². The van der Waals surface area contributed by atoms with Crippen LogP contribution in [0.2, 0.25) is 0 Å². The second-order valence-corrected chi connectivity index (χ2v) is 7.51. The zero-order chi connectivity index (χ0) is 20.5. The van der Waals surface area contributed by atoms with Crippen LogP contribution in [-0.2, 0) is 13.0 Å². The van der Waals surface area contributed by atoms with Crippen molar-refractivity contribution in [1.29, 1.82) is 0 Å². The van der Waals surface area contributed by atoms with Gasteiger partial charge in [0.05, 0.1) is 13.7 Å². The number of nitrogens with zero attached hydrogens (tertiary/aromatic N) is 2. The normalized spacial score (nSPS) is 14.9. The quantitative estimate of drug-likeness (QED) is 0.281. The van der Waals surface area contributed by atoms with E-state index in [0.717, 1.165) is 50.2 Å². The van der Waals surface area contributed by atoms with E-state index in [1.54, 1.807) is 7.11 Å². The van der Waals surface area contributed by atoms with Gasteiger partial charge in [0, 0.05) is 31.9 Å². The molecule has 1 aliphatic rings. The highest BCUT2D eigenvalue weighted by molar-refractivity contribution is 14.0. The highest BCUT2D eigenvalue weighted by Gasteiger charge is 2.18. The first kappa shape index (κ1) is 24.3. The van der Waals surface area contributed by atoms with E-state index in [2.05, 4.69) is 51.6 Å². The Kier molecular flexibility index (Phi) is 10.2. The molecule has 0 radical (unpaired) electrons. The van der Waals surface area contributed by atoms with Crippen molar-refractivity contribution < 1.29 is 9.84 Å². The molecule has 1 saturated heterocycles. The van der Waals surface area contributed by atoms with Gasteiger partial charge in [-0.15, -0.1) is 24.0 Å². The molecule has 0 saturated carbocycles. The van der Waals surface area contributed by atoms with Gasteiger partial charge in [0.15, 0.2) is 5.96 Å². The largest absolute Gasteiger partial charge is 0.497 e. The lowest BCUT2D eigenvalue weighted by Crippen LogP contribution is -2.34. The molecule has 0 unspecified atom stereocenters. The number of piperidine rings is 1. The fourth-order valence-electron chi connectivity index (χ4n) is 3.55. The van der Waals surface area contributed by atoms with E-state index in [-0.39, 0.29) is 24.0 Å². The predicted octanol–water partition coefficient (Wildman–Crippen LogP) is 3.17. The van der Waals surface area contributed by atoms with Gasteiger partial charge in [0.2, 0.25) is 0 Å². The van der Waals surface area contributed by atoms with E-state index < -0.39 is 0 Å². The molecule has 0 aromatic heterocycles. The number of aliphatic hydroxyl groups excluding tert-OH is 1. The number of aliphatic hydroxyl groups is 1. The number of aliphatic imine (C=N–C) groups is 1. The molecule has 0 amide bonds. The predicted molar refractivity (Wildman–Crippen MR) is 134 cm³/mol. The summed E-state index contributed by atoms with van der Waals surface area (Å²) < 4.78 is 5.17. The van der Waals surface area contributed by atoms with Crippen molar-refractivity contribution in [1.82, 2.24) is 5.32 Å². The van der Waals surface area contributed by atoms with Crippen LogP contribution in [0.1, 0.15) is 24.0 Å². The summed E-state index contributed by atoms with van der Waals surface area (Å²) in [5.74, 6) is 1.79. The van der Waals surface area contributed by atoms with E-state index in [1.807, 2.05) is 12.1 Å². The minimum Gasteiger partial charge on any atom is -0.497 e. The Labute approximate surface area is 196 Å². The number of anilines is 1. The Morgan fingerprint density at radius 3 is 2.33 bits per heavy atom. The van der Waals surface area contributed by atoms with E-state index >= 15 is 0 Å². The summed E-state index contributed by atoms with van der Waals surface area (Å²) in [5.41, 5.74) is 9.59. The van der Waals surface area contributed by atoms with E-state index in [4.69, 9.17) is 10.5 Å². The molecule has 164 valence electrons. The lowest BCUT2D eigenvalue weighted by molar-refractivity contribution is 0.203. The molecule has 0 atom stereocenters. The van der Waals surface area contributed by atoms with Crippen LogP contribution in [0.25, 0.3) is 0 Å². The Balaban J connectivity index is 0.00000320. The van der Waals surface area contributed by atoms with Crippen LogP contribution in [0.3, 0.4) is 0 Å². The first-order chi connectivity index (χ1) is 14.2. The van der Waals surface area contributed by atoms with Gasteiger partial charge >= 0.3 is 0 Å². The second kappa shape index (κ2) is 12.6. The summed E-state index contributed by atoms with van der Waals surface area (Å²) in [6.07, 6.45) is 2.99. The first-order valence-corrected chi connectivity index (χ1v) is 10.3. The fourth-order valence-corrected chi connectivity index (χ4v) is 3.55. The SMILES string of the molecule is COc1ccc(CCNC(N)=NCc2ccc(N3CCC(CO)CC3)cc2)cc1.I. The van der Waals surface area contributed by atoms with Crippen LogP contribution in [0.15, 0.2) is 53.5 Å². The molecule has 7 heteroatoms. The molecule has 2 aromatic carbocycles. The number of hydrogen-bond donors (Lipinski definition) is 3. The maximum atomic E-state index is 9.27. The third kappa shape index (κ3) is 7.36. The Morgan fingerprint density at radius 2 is 1.73 bits per heavy atom. The second-order valence-electron chi connectivity index (χ2n) is 7.51. The standard InChI is InChI=1S/C23H32N4O2.HI/c1-29-22-8-4-18(5-9-22)10-13-25-23(24)26-16-19-2-6-21(7-3-19)27-14-11-20(17-28)12-15-27;/h2-9,20,28H,10-17H2,1H3,(H3,24,25,26);1H. The van der Waals surface area contributed by atoms with Crippen LogP contribution >= 0.6 is 24.0 Å². The Bertz CT molecular complexity index is 773. The smallest absolute Gasteiger partial charge is 0.188 e. The number of hydrogen-bond acceptors (Lipinski definition) is 4. The van der Waals surface area contributed by atoms with E-state index in [0.29, 0.717) is 25.0 Å². The van der Waals surface area contributed by atoms with E-state index in [1.165, 1.54) is 11.3 Å². The third-order valence-corrected chi connectivity index (χ3v) is 5.49. The zero-order valence-corrected chi connectivity index (χ0v) is 19.9. The van der Waals surface area contributed by atoms with Gasteiger partial charge in [0.1, 0.15) is 5.75 Å². The molecule has 0 aliphatic carbocycles. The number of methoxy groups -OCH3 is 1. The van der Waals surface area contributed by atoms with Gasteiger partial charge < -0.3 is 25.8 Å². The molecule has 30 heavy (non-hydrogen) atoms. The Morgan fingerprint density at radius 1 is 1.10 bits per heavy atom. The van der Waals surface area contributed by atoms with Gasteiger partial charge in [-0.1, -0.05) is 24.3 Å². The number of guanidine groups is 1. The van der Waals surface area contributed by atoms with Crippen molar-refractivity contribution in [2.24, 2.45) is 16.6 Å². The third-order valence-electron chi connectivity index (χ3n) is 5.49. The topological polar surface area (TPSA) is 83.1 Å². The van der Waals surface area contributed by atoms with Crippen molar-refractivity contribution in [2.45, 2.75) is 25.8 Å². The first-order valence-electron chi connectivity index (χ1n) is 10.3. The van der Waals surface area contributed by atoms with E-state index in [9.17, 15) is 5.11 Å². The number of rotatable bonds is 8. The van der Waals surface area contributed by atoms with Gasteiger partial charge in [-0.25, -0.2) is 4.99 Å². The van der Waals surface area contributed by atoms with Gasteiger partial charge in [-0.3, -0.25) is 0 Å². The maximum absolute atomic E-state index is 9.27. The Hall–Kier alpha value is -2.00. The van der Waals surface area contributed by atoms with Crippen molar-refractivity contribution in [3.8, 4) is 5.75 Å². The van der Waals surface area contributed by atoms with Crippen molar-refractivity contribution in [3.05, 3.63) is 59.7 Å². The minimum absolute atomic E-state index is 0. The molecule has 0 spiro atoms. The molecular formula is C23H33IN4O2. The number of benzene rings is 2. The summed E-state index contributed by atoms with van der Waals surface area (Å²) >= 11 is 0. The lowest BCUT2D eigenvalue weighted by atomic mass is 9.97.